The molecule has 2 N–H and O–H groups in total. The molecule has 0 bridgehead atoms. The van der Waals surface area contributed by atoms with Crippen LogP contribution in [0.4, 0.5) is 5.69 Å². The third-order valence-electron chi connectivity index (χ3n) is 1.57. The second-order valence-electron chi connectivity index (χ2n) is 2.46. The molecule has 0 spiro atoms. The molecule has 1 rings (SSSR count). The smallest absolute Gasteiger partial charge is 0.260 e. The molecule has 13 heavy (non-hydrogen) atoms. The highest BCUT2D eigenvalue weighted by Gasteiger charge is 2.14. The molecule has 0 aromatic heterocycles. The van der Waals surface area contributed by atoms with Gasteiger partial charge in [0.2, 0.25) is 0 Å². The van der Waals surface area contributed by atoms with Gasteiger partial charge in [-0.25, -0.2) is 5.14 Å². The summed E-state index contributed by atoms with van der Waals surface area (Å²) in [6, 6.07) is 7.12. The van der Waals surface area contributed by atoms with Crippen LogP contribution in [0.1, 0.15) is 0 Å². The zero-order valence-corrected chi connectivity index (χ0v) is 9.91. The van der Waals surface area contributed by atoms with Crippen molar-refractivity contribution in [3.05, 3.63) is 27.8 Å². The van der Waals surface area contributed by atoms with Crippen LogP contribution in [0.2, 0.25) is 0 Å². The summed E-state index contributed by atoms with van der Waals surface area (Å²) in [5.41, 5.74) is 0.589. The quantitative estimate of drug-likeness (QED) is 0.826. The van der Waals surface area contributed by atoms with Gasteiger partial charge in [0.25, 0.3) is 10.2 Å². The fourth-order valence-corrected chi connectivity index (χ4v) is 2.19. The van der Waals surface area contributed by atoms with Crippen LogP contribution in [-0.4, -0.2) is 15.5 Å². The number of hydrogen-bond acceptors (Lipinski definition) is 2. The summed E-state index contributed by atoms with van der Waals surface area (Å²) >= 11 is 2.05. The predicted octanol–water partition coefficient (Wildman–Crippen LogP) is 0.931. The number of rotatable bonds is 2. The maximum atomic E-state index is 11.0. The SMILES string of the molecule is CN(c1ccccc1I)S(N)(=O)=O. The van der Waals surface area contributed by atoms with Crippen LogP contribution in [-0.2, 0) is 10.2 Å². The summed E-state index contributed by atoms with van der Waals surface area (Å²) in [4.78, 5) is 0. The Balaban J connectivity index is 3.17. The summed E-state index contributed by atoms with van der Waals surface area (Å²) in [5, 5.41) is 4.97. The molecule has 0 aliphatic rings. The van der Waals surface area contributed by atoms with Crippen molar-refractivity contribution in [2.45, 2.75) is 0 Å². The Morgan fingerprint density at radius 3 is 2.38 bits per heavy atom. The summed E-state index contributed by atoms with van der Waals surface area (Å²) in [7, 11) is -2.23. The van der Waals surface area contributed by atoms with Crippen LogP contribution in [0.3, 0.4) is 0 Å². The van der Waals surface area contributed by atoms with Crippen LogP contribution in [0.5, 0.6) is 0 Å². The molecule has 4 nitrogen and oxygen atoms in total. The normalized spacial score (nSPS) is 11.3. The van der Waals surface area contributed by atoms with Crippen LogP contribution < -0.4 is 9.44 Å². The molecule has 0 saturated heterocycles. The minimum Gasteiger partial charge on any atom is -0.260 e. The van der Waals surface area contributed by atoms with E-state index in [2.05, 4.69) is 22.6 Å². The number of nitrogens with zero attached hydrogens (tertiary/aromatic N) is 1. The van der Waals surface area contributed by atoms with Crippen molar-refractivity contribution in [3.8, 4) is 0 Å². The first-order valence-corrected chi connectivity index (χ1v) is 6.02. The first-order chi connectivity index (χ1) is 5.93. The van der Waals surface area contributed by atoms with Gasteiger partial charge in [-0.05, 0) is 34.7 Å². The molecule has 0 saturated carbocycles. The van der Waals surface area contributed by atoms with Gasteiger partial charge < -0.3 is 0 Å². The van der Waals surface area contributed by atoms with E-state index in [0.29, 0.717) is 5.69 Å². The van der Waals surface area contributed by atoms with Gasteiger partial charge in [-0.15, -0.1) is 0 Å². The monoisotopic (exact) mass is 312 g/mol. The zero-order chi connectivity index (χ0) is 10.1. The Hall–Kier alpha value is -0.340. The summed E-state index contributed by atoms with van der Waals surface area (Å²) in [6.45, 7) is 0. The molecular weight excluding hydrogens is 303 g/mol. The van der Waals surface area contributed by atoms with E-state index in [1.54, 1.807) is 12.1 Å². The number of halogens is 1. The maximum Gasteiger partial charge on any atom is 0.298 e. The highest BCUT2D eigenvalue weighted by Crippen LogP contribution is 2.21. The molecule has 0 aliphatic carbocycles. The lowest BCUT2D eigenvalue weighted by molar-refractivity contribution is 0.596. The zero-order valence-electron chi connectivity index (χ0n) is 6.94. The van der Waals surface area contributed by atoms with Crippen LogP contribution in [0, 0.1) is 3.57 Å². The molecule has 0 radical (unpaired) electrons. The van der Waals surface area contributed by atoms with Crippen molar-refractivity contribution < 1.29 is 8.42 Å². The predicted molar refractivity (Wildman–Crippen MR) is 60.7 cm³/mol. The lowest BCUT2D eigenvalue weighted by Crippen LogP contribution is -2.33. The van der Waals surface area contributed by atoms with E-state index in [-0.39, 0.29) is 0 Å². The van der Waals surface area contributed by atoms with Gasteiger partial charge in [0, 0.05) is 10.6 Å². The Morgan fingerprint density at radius 2 is 1.92 bits per heavy atom. The Bertz CT molecular complexity index is 405. The molecule has 1 aromatic rings. The molecule has 1 aromatic carbocycles. The second kappa shape index (κ2) is 3.81. The van der Waals surface area contributed by atoms with E-state index in [1.165, 1.54) is 7.05 Å². The standard InChI is InChI=1S/C7H9IN2O2S/c1-10(13(9,11)12)7-5-3-2-4-6(7)8/h2-5H,1H3,(H2,9,11,12). The van der Waals surface area contributed by atoms with Crippen LogP contribution in [0.15, 0.2) is 24.3 Å². The third-order valence-corrected chi connectivity index (χ3v) is 3.45. The highest BCUT2D eigenvalue weighted by atomic mass is 127. The molecule has 6 heteroatoms. The lowest BCUT2D eigenvalue weighted by atomic mass is 10.3. The number of nitrogens with two attached hydrogens (primary N) is 1. The molecule has 0 atom stereocenters. The Labute approximate surface area is 91.1 Å². The largest absolute Gasteiger partial charge is 0.298 e. The van der Waals surface area contributed by atoms with Gasteiger partial charge in [-0.3, -0.25) is 4.31 Å². The summed E-state index contributed by atoms with van der Waals surface area (Å²) in [5.74, 6) is 0. The average Bonchev–Trinajstić information content (AvgIpc) is 2.02. The van der Waals surface area contributed by atoms with E-state index in [4.69, 9.17) is 5.14 Å². The van der Waals surface area contributed by atoms with Gasteiger partial charge in [-0.2, -0.15) is 8.42 Å². The number of benzene rings is 1. The topological polar surface area (TPSA) is 63.4 Å². The molecular formula is C7H9IN2O2S. The molecule has 0 amide bonds. The first kappa shape index (κ1) is 10.7. The van der Waals surface area contributed by atoms with Crippen LogP contribution in [0.25, 0.3) is 0 Å². The minimum atomic E-state index is -3.65. The maximum absolute atomic E-state index is 11.0. The van der Waals surface area contributed by atoms with E-state index < -0.39 is 10.2 Å². The highest BCUT2D eigenvalue weighted by molar-refractivity contribution is 14.1. The number of para-hydroxylation sites is 1. The average molecular weight is 312 g/mol. The second-order valence-corrected chi connectivity index (χ2v) is 5.20. The molecule has 0 heterocycles. The van der Waals surface area contributed by atoms with E-state index in [9.17, 15) is 8.42 Å². The fourth-order valence-electron chi connectivity index (χ4n) is 0.844. The van der Waals surface area contributed by atoms with Crippen molar-refractivity contribution in [2.24, 2.45) is 5.14 Å². The molecule has 0 fully saturated rings. The molecule has 0 unspecified atom stereocenters. The van der Waals surface area contributed by atoms with Crippen molar-refractivity contribution in [1.29, 1.82) is 0 Å². The molecule has 0 aliphatic heterocycles. The van der Waals surface area contributed by atoms with Gasteiger partial charge in [-0.1, -0.05) is 12.1 Å². The first-order valence-electron chi connectivity index (χ1n) is 3.44. The van der Waals surface area contributed by atoms with Crippen LogP contribution >= 0.6 is 22.6 Å². The molecule has 72 valence electrons. The van der Waals surface area contributed by atoms with Crippen molar-refractivity contribution in [3.63, 3.8) is 0 Å². The van der Waals surface area contributed by atoms with E-state index >= 15 is 0 Å². The van der Waals surface area contributed by atoms with Gasteiger partial charge in [0.1, 0.15) is 0 Å². The number of anilines is 1. The van der Waals surface area contributed by atoms with Gasteiger partial charge in [0.15, 0.2) is 0 Å². The van der Waals surface area contributed by atoms with Gasteiger partial charge >= 0.3 is 0 Å². The van der Waals surface area contributed by atoms with Crippen molar-refractivity contribution in [1.82, 2.24) is 0 Å². The minimum absolute atomic E-state index is 0.589. The third kappa shape index (κ3) is 2.55. The van der Waals surface area contributed by atoms with Crippen molar-refractivity contribution >= 4 is 38.5 Å². The Morgan fingerprint density at radius 1 is 1.38 bits per heavy atom. The number of hydrogen-bond donors (Lipinski definition) is 1. The van der Waals surface area contributed by atoms with E-state index in [1.807, 2.05) is 12.1 Å². The summed E-state index contributed by atoms with van der Waals surface area (Å²) in [6.07, 6.45) is 0. The Kier molecular flexibility index (Phi) is 3.14. The summed E-state index contributed by atoms with van der Waals surface area (Å²) < 4.78 is 23.9. The van der Waals surface area contributed by atoms with E-state index in [0.717, 1.165) is 7.88 Å². The van der Waals surface area contributed by atoms with Gasteiger partial charge in [0.05, 0.1) is 5.69 Å². The lowest BCUT2D eigenvalue weighted by Gasteiger charge is -2.17. The fraction of sp³-hybridized carbons (Fsp3) is 0.143. The van der Waals surface area contributed by atoms with Crippen molar-refractivity contribution in [2.75, 3.05) is 11.4 Å².